The molecule has 0 spiro atoms. The molecule has 3 heteroatoms. The Morgan fingerprint density at radius 2 is 2.00 bits per heavy atom. The Kier molecular flexibility index (Phi) is 3.93. The highest BCUT2D eigenvalue weighted by Gasteiger charge is 2.28. The molecule has 1 aliphatic rings. The molecule has 1 aliphatic heterocycles. The summed E-state index contributed by atoms with van der Waals surface area (Å²) >= 11 is 0. The molecule has 1 saturated heterocycles. The van der Waals surface area contributed by atoms with Crippen molar-refractivity contribution in [1.29, 1.82) is 0 Å². The van der Waals surface area contributed by atoms with E-state index in [1.165, 1.54) is 10.8 Å². The quantitative estimate of drug-likeness (QED) is 0.938. The van der Waals surface area contributed by atoms with Gasteiger partial charge in [-0.1, -0.05) is 36.4 Å². The molecule has 1 N–H and O–H groups in total. The van der Waals surface area contributed by atoms with Crippen LogP contribution in [0.15, 0.2) is 42.5 Å². The van der Waals surface area contributed by atoms with Crippen LogP contribution in [0.25, 0.3) is 10.8 Å². The number of carbonyl (C=O) groups is 1. The minimum Gasteiger partial charge on any atom is -0.348 e. The number of amides is 1. The third-order valence-electron chi connectivity index (χ3n) is 4.46. The van der Waals surface area contributed by atoms with E-state index in [-0.39, 0.29) is 18.0 Å². The molecule has 2 atom stereocenters. The molecule has 0 bridgehead atoms. The van der Waals surface area contributed by atoms with Crippen LogP contribution in [0.5, 0.6) is 0 Å². The van der Waals surface area contributed by atoms with Gasteiger partial charge in [-0.25, -0.2) is 0 Å². The van der Waals surface area contributed by atoms with Gasteiger partial charge >= 0.3 is 0 Å². The lowest BCUT2D eigenvalue weighted by molar-refractivity contribution is -0.125. The minimum atomic E-state index is 0.0351. The van der Waals surface area contributed by atoms with Crippen molar-refractivity contribution in [2.45, 2.75) is 31.8 Å². The number of rotatable bonds is 3. The number of carbonyl (C=O) groups excluding carboxylic acids is 1. The van der Waals surface area contributed by atoms with Gasteiger partial charge in [0.25, 0.3) is 0 Å². The van der Waals surface area contributed by atoms with Crippen LogP contribution in [0.4, 0.5) is 0 Å². The summed E-state index contributed by atoms with van der Waals surface area (Å²) in [5, 5.41) is 5.60. The van der Waals surface area contributed by atoms with Crippen LogP contribution < -0.4 is 5.32 Å². The summed E-state index contributed by atoms with van der Waals surface area (Å²) in [5.41, 5.74) is 1.16. The second-order valence-corrected chi connectivity index (χ2v) is 5.98. The molecule has 0 unspecified atom stereocenters. The molecule has 0 saturated carbocycles. The first-order chi connectivity index (χ1) is 10.1. The van der Waals surface area contributed by atoms with Crippen LogP contribution in [0.1, 0.15) is 31.4 Å². The van der Waals surface area contributed by atoms with Gasteiger partial charge in [-0.15, -0.1) is 0 Å². The highest BCUT2D eigenvalue weighted by Crippen LogP contribution is 2.21. The zero-order valence-corrected chi connectivity index (χ0v) is 12.7. The van der Waals surface area contributed by atoms with E-state index in [0.717, 1.165) is 24.9 Å². The fourth-order valence-corrected chi connectivity index (χ4v) is 3.11. The van der Waals surface area contributed by atoms with Gasteiger partial charge in [-0.05, 0) is 55.8 Å². The van der Waals surface area contributed by atoms with Crippen LogP contribution in [-0.2, 0) is 4.79 Å². The predicted octanol–water partition coefficient (Wildman–Crippen LogP) is 3.11. The highest BCUT2D eigenvalue weighted by molar-refractivity contribution is 5.84. The molecule has 2 aromatic rings. The second-order valence-electron chi connectivity index (χ2n) is 5.98. The first kappa shape index (κ1) is 14.1. The van der Waals surface area contributed by atoms with E-state index in [0.29, 0.717) is 0 Å². The number of likely N-dealkylation sites (N-methyl/N-ethyl adjacent to an activating group) is 1. The van der Waals surface area contributed by atoms with Crippen molar-refractivity contribution in [2.24, 2.45) is 0 Å². The Hall–Kier alpha value is -1.87. The molecule has 21 heavy (non-hydrogen) atoms. The SMILES string of the molecule is C[C@H](NC(=O)[C@H]1CCCN1C)c1ccc2ccccc2c1. The van der Waals surface area contributed by atoms with Crippen LogP contribution in [-0.4, -0.2) is 30.4 Å². The van der Waals surface area contributed by atoms with Crippen LogP contribution >= 0.6 is 0 Å². The summed E-state index contributed by atoms with van der Waals surface area (Å²) in [5.74, 6) is 0.149. The van der Waals surface area contributed by atoms with Gasteiger partial charge in [0.1, 0.15) is 0 Å². The molecule has 3 nitrogen and oxygen atoms in total. The molecule has 0 aliphatic carbocycles. The maximum Gasteiger partial charge on any atom is 0.237 e. The monoisotopic (exact) mass is 282 g/mol. The lowest BCUT2D eigenvalue weighted by Crippen LogP contribution is -2.42. The van der Waals surface area contributed by atoms with Crippen LogP contribution in [0.3, 0.4) is 0 Å². The number of nitrogens with one attached hydrogen (secondary N) is 1. The van der Waals surface area contributed by atoms with Gasteiger partial charge in [0.05, 0.1) is 12.1 Å². The summed E-state index contributed by atoms with van der Waals surface area (Å²) in [6.07, 6.45) is 2.08. The van der Waals surface area contributed by atoms with Gasteiger partial charge in [0.2, 0.25) is 5.91 Å². The number of fused-ring (bicyclic) bond motifs is 1. The van der Waals surface area contributed by atoms with E-state index in [2.05, 4.69) is 47.5 Å². The van der Waals surface area contributed by atoms with Crippen molar-refractivity contribution in [3.63, 3.8) is 0 Å². The van der Waals surface area contributed by atoms with E-state index in [1.54, 1.807) is 0 Å². The zero-order chi connectivity index (χ0) is 14.8. The molecule has 1 amide bonds. The Morgan fingerprint density at radius 1 is 1.24 bits per heavy atom. The zero-order valence-electron chi connectivity index (χ0n) is 12.7. The van der Waals surface area contributed by atoms with Crippen molar-refractivity contribution in [3.8, 4) is 0 Å². The molecular formula is C18H22N2O. The van der Waals surface area contributed by atoms with E-state index in [9.17, 15) is 4.79 Å². The van der Waals surface area contributed by atoms with Gasteiger partial charge < -0.3 is 5.32 Å². The van der Waals surface area contributed by atoms with Gasteiger partial charge in [0, 0.05) is 0 Å². The summed E-state index contributed by atoms with van der Waals surface area (Å²) in [6, 6.07) is 14.8. The van der Waals surface area contributed by atoms with Crippen molar-refractivity contribution < 1.29 is 4.79 Å². The smallest absolute Gasteiger partial charge is 0.237 e. The third-order valence-corrected chi connectivity index (χ3v) is 4.46. The number of hydrogen-bond donors (Lipinski definition) is 1. The molecule has 3 rings (SSSR count). The molecule has 110 valence electrons. The van der Waals surface area contributed by atoms with Crippen molar-refractivity contribution in [1.82, 2.24) is 10.2 Å². The second kappa shape index (κ2) is 5.86. The third kappa shape index (κ3) is 2.93. The predicted molar refractivity (Wildman–Crippen MR) is 86.2 cm³/mol. The van der Waals surface area contributed by atoms with Gasteiger partial charge in [0.15, 0.2) is 0 Å². The summed E-state index contributed by atoms with van der Waals surface area (Å²) in [6.45, 7) is 3.07. The average molecular weight is 282 g/mol. The molecule has 1 heterocycles. The Bertz CT molecular complexity index is 652. The lowest BCUT2D eigenvalue weighted by atomic mass is 10.0. The first-order valence-corrected chi connectivity index (χ1v) is 7.64. The first-order valence-electron chi connectivity index (χ1n) is 7.64. The van der Waals surface area contributed by atoms with E-state index in [4.69, 9.17) is 0 Å². The van der Waals surface area contributed by atoms with E-state index >= 15 is 0 Å². The number of hydrogen-bond acceptors (Lipinski definition) is 2. The highest BCUT2D eigenvalue weighted by atomic mass is 16.2. The fourth-order valence-electron chi connectivity index (χ4n) is 3.11. The molecule has 1 fully saturated rings. The van der Waals surface area contributed by atoms with E-state index < -0.39 is 0 Å². The average Bonchev–Trinajstić information content (AvgIpc) is 2.93. The van der Waals surface area contributed by atoms with Crippen molar-refractivity contribution >= 4 is 16.7 Å². The van der Waals surface area contributed by atoms with Gasteiger partial charge in [-0.3, -0.25) is 9.69 Å². The largest absolute Gasteiger partial charge is 0.348 e. The van der Waals surface area contributed by atoms with Gasteiger partial charge in [-0.2, -0.15) is 0 Å². The maximum absolute atomic E-state index is 12.4. The van der Waals surface area contributed by atoms with Crippen LogP contribution in [0, 0.1) is 0 Å². The Labute approximate surface area is 125 Å². The topological polar surface area (TPSA) is 32.3 Å². The summed E-state index contributed by atoms with van der Waals surface area (Å²) in [4.78, 5) is 14.5. The van der Waals surface area contributed by atoms with Crippen molar-refractivity contribution in [2.75, 3.05) is 13.6 Å². The number of likely N-dealkylation sites (tertiary alicyclic amines) is 1. The summed E-state index contributed by atoms with van der Waals surface area (Å²) < 4.78 is 0. The Morgan fingerprint density at radius 3 is 2.71 bits per heavy atom. The summed E-state index contributed by atoms with van der Waals surface area (Å²) in [7, 11) is 2.03. The Balaban J connectivity index is 1.74. The lowest BCUT2D eigenvalue weighted by Gasteiger charge is -2.22. The van der Waals surface area contributed by atoms with Crippen LogP contribution in [0.2, 0.25) is 0 Å². The molecule has 2 aromatic carbocycles. The molecular weight excluding hydrogens is 260 g/mol. The molecule has 0 radical (unpaired) electrons. The normalized spacial score (nSPS) is 20.6. The van der Waals surface area contributed by atoms with Crippen molar-refractivity contribution in [3.05, 3.63) is 48.0 Å². The maximum atomic E-state index is 12.4. The minimum absolute atomic E-state index is 0.0351. The number of nitrogens with zero attached hydrogens (tertiary/aromatic N) is 1. The fraction of sp³-hybridized carbons (Fsp3) is 0.389. The molecule has 0 aromatic heterocycles. The number of benzene rings is 2. The standard InChI is InChI=1S/C18H22N2O/c1-13(19-18(21)17-8-5-11-20(17)2)15-10-9-14-6-3-4-7-16(14)12-15/h3-4,6-7,9-10,12-13,17H,5,8,11H2,1-2H3,(H,19,21)/t13-,17+/m0/s1. The van der Waals surface area contributed by atoms with E-state index in [1.807, 2.05) is 19.2 Å².